The number of methoxy groups -OCH3 is 1. The van der Waals surface area contributed by atoms with E-state index >= 15 is 0 Å². The summed E-state index contributed by atoms with van der Waals surface area (Å²) in [7, 11) is 1.75. The summed E-state index contributed by atoms with van der Waals surface area (Å²) in [5.41, 5.74) is 2.61. The van der Waals surface area contributed by atoms with E-state index in [-0.39, 0.29) is 0 Å². The summed E-state index contributed by atoms with van der Waals surface area (Å²) in [6.45, 7) is 6.07. The van der Waals surface area contributed by atoms with Crippen molar-refractivity contribution in [2.24, 2.45) is 0 Å². The Labute approximate surface area is 98.2 Å². The molecule has 3 heteroatoms. The first-order chi connectivity index (χ1) is 7.79. The molecule has 1 aromatic heterocycles. The third-order valence-corrected chi connectivity index (χ3v) is 2.75. The Morgan fingerprint density at radius 3 is 2.94 bits per heavy atom. The lowest BCUT2D eigenvalue weighted by Crippen LogP contribution is -2.22. The Morgan fingerprint density at radius 2 is 2.31 bits per heavy atom. The molecular weight excluding hydrogens is 200 g/mol. The van der Waals surface area contributed by atoms with Gasteiger partial charge in [-0.2, -0.15) is 0 Å². The van der Waals surface area contributed by atoms with Crippen molar-refractivity contribution in [3.63, 3.8) is 0 Å². The molecule has 0 amide bonds. The minimum absolute atomic E-state index is 0.397. The van der Waals surface area contributed by atoms with Crippen LogP contribution >= 0.6 is 0 Å². The van der Waals surface area contributed by atoms with E-state index in [2.05, 4.69) is 30.2 Å². The molecule has 3 nitrogen and oxygen atoms in total. The zero-order chi connectivity index (χ0) is 11.8. The average molecular weight is 222 g/mol. The Balaban J connectivity index is 2.65. The van der Waals surface area contributed by atoms with Crippen LogP contribution in [-0.2, 0) is 4.74 Å². The molecule has 1 rings (SSSR count). The van der Waals surface area contributed by atoms with Crippen molar-refractivity contribution in [3.05, 3.63) is 29.6 Å². The Hall–Kier alpha value is -0.930. The van der Waals surface area contributed by atoms with Crippen LogP contribution in [0.2, 0.25) is 0 Å². The third kappa shape index (κ3) is 3.91. The monoisotopic (exact) mass is 222 g/mol. The summed E-state index contributed by atoms with van der Waals surface area (Å²) in [4.78, 5) is 4.21. The first-order valence-electron chi connectivity index (χ1n) is 5.92. The van der Waals surface area contributed by atoms with Crippen molar-refractivity contribution in [2.75, 3.05) is 20.3 Å². The van der Waals surface area contributed by atoms with Gasteiger partial charge in [-0.05, 0) is 43.5 Å². The van der Waals surface area contributed by atoms with Gasteiger partial charge in [-0.15, -0.1) is 0 Å². The average Bonchev–Trinajstić information content (AvgIpc) is 2.29. The van der Waals surface area contributed by atoms with Gasteiger partial charge < -0.3 is 10.1 Å². The Morgan fingerprint density at radius 1 is 1.50 bits per heavy atom. The van der Waals surface area contributed by atoms with Crippen molar-refractivity contribution >= 4 is 0 Å². The van der Waals surface area contributed by atoms with Gasteiger partial charge in [0.1, 0.15) is 0 Å². The van der Waals surface area contributed by atoms with Crippen LogP contribution in [-0.4, -0.2) is 25.2 Å². The van der Waals surface area contributed by atoms with E-state index in [9.17, 15) is 0 Å². The number of hydrogen-bond donors (Lipinski definition) is 1. The fraction of sp³-hybridized carbons (Fsp3) is 0.615. The van der Waals surface area contributed by atoms with Gasteiger partial charge in [-0.1, -0.05) is 6.92 Å². The molecule has 0 aromatic carbocycles. The van der Waals surface area contributed by atoms with Gasteiger partial charge in [0.15, 0.2) is 0 Å². The molecule has 1 aromatic rings. The second-order valence-electron chi connectivity index (χ2n) is 3.98. The molecule has 0 aliphatic carbocycles. The lowest BCUT2D eigenvalue weighted by atomic mass is 10.00. The van der Waals surface area contributed by atoms with Crippen LogP contribution in [0.3, 0.4) is 0 Å². The molecule has 0 spiro atoms. The van der Waals surface area contributed by atoms with Crippen molar-refractivity contribution in [2.45, 2.75) is 32.7 Å². The summed E-state index contributed by atoms with van der Waals surface area (Å²) in [6, 6.07) is 2.46. The van der Waals surface area contributed by atoms with Crippen LogP contribution in [0.1, 0.15) is 36.9 Å². The summed E-state index contributed by atoms with van der Waals surface area (Å²) in [5, 5.41) is 3.50. The van der Waals surface area contributed by atoms with Gasteiger partial charge in [-0.25, -0.2) is 0 Å². The Bertz CT molecular complexity index is 302. The summed E-state index contributed by atoms with van der Waals surface area (Å²) in [6.07, 6.45) is 5.98. The van der Waals surface area contributed by atoms with E-state index in [1.807, 2.05) is 12.4 Å². The molecule has 0 saturated heterocycles. The molecule has 0 saturated carbocycles. The van der Waals surface area contributed by atoms with Crippen LogP contribution in [0, 0.1) is 6.92 Å². The molecule has 0 aliphatic rings. The van der Waals surface area contributed by atoms with Gasteiger partial charge >= 0.3 is 0 Å². The molecule has 1 atom stereocenters. The third-order valence-electron chi connectivity index (χ3n) is 2.75. The fourth-order valence-electron chi connectivity index (χ4n) is 1.89. The zero-order valence-electron chi connectivity index (χ0n) is 10.5. The van der Waals surface area contributed by atoms with Gasteiger partial charge in [0.05, 0.1) is 0 Å². The predicted molar refractivity (Wildman–Crippen MR) is 66.5 cm³/mol. The summed E-state index contributed by atoms with van der Waals surface area (Å²) >= 11 is 0. The van der Waals surface area contributed by atoms with E-state index in [1.165, 1.54) is 11.1 Å². The topological polar surface area (TPSA) is 34.1 Å². The number of rotatable bonds is 7. The quantitative estimate of drug-likeness (QED) is 0.720. The lowest BCUT2D eigenvalue weighted by molar-refractivity contribution is 0.189. The highest BCUT2D eigenvalue weighted by Gasteiger charge is 2.12. The normalized spacial score (nSPS) is 12.7. The van der Waals surface area contributed by atoms with E-state index in [0.717, 1.165) is 26.0 Å². The second-order valence-corrected chi connectivity index (χ2v) is 3.98. The number of aromatic nitrogens is 1. The summed E-state index contributed by atoms with van der Waals surface area (Å²) < 4.78 is 5.09. The summed E-state index contributed by atoms with van der Waals surface area (Å²) in [5.74, 6) is 0. The molecule has 90 valence electrons. The highest BCUT2D eigenvalue weighted by Crippen LogP contribution is 2.20. The van der Waals surface area contributed by atoms with Crippen LogP contribution in [0.15, 0.2) is 18.5 Å². The minimum atomic E-state index is 0.397. The predicted octanol–water partition coefficient (Wildman–Crippen LogP) is 2.47. The second kappa shape index (κ2) is 7.36. The van der Waals surface area contributed by atoms with Crippen LogP contribution in [0.25, 0.3) is 0 Å². The largest absolute Gasteiger partial charge is 0.385 e. The van der Waals surface area contributed by atoms with E-state index in [4.69, 9.17) is 4.74 Å². The van der Waals surface area contributed by atoms with E-state index in [0.29, 0.717) is 6.04 Å². The minimum Gasteiger partial charge on any atom is -0.385 e. The first-order valence-corrected chi connectivity index (χ1v) is 5.92. The molecule has 0 fully saturated rings. The SMILES string of the molecule is CCNC(CCCOC)c1cnccc1C. The number of pyridine rings is 1. The van der Waals surface area contributed by atoms with Gasteiger partial charge in [0.25, 0.3) is 0 Å². The van der Waals surface area contributed by atoms with Crippen molar-refractivity contribution in [1.29, 1.82) is 0 Å². The van der Waals surface area contributed by atoms with Crippen molar-refractivity contribution < 1.29 is 4.74 Å². The molecule has 0 radical (unpaired) electrons. The fourth-order valence-corrected chi connectivity index (χ4v) is 1.89. The maximum Gasteiger partial charge on any atom is 0.0462 e. The number of nitrogens with one attached hydrogen (secondary N) is 1. The maximum absolute atomic E-state index is 5.09. The zero-order valence-corrected chi connectivity index (χ0v) is 10.5. The van der Waals surface area contributed by atoms with Crippen LogP contribution in [0.4, 0.5) is 0 Å². The molecular formula is C13H22N2O. The van der Waals surface area contributed by atoms with E-state index in [1.54, 1.807) is 7.11 Å². The highest BCUT2D eigenvalue weighted by atomic mass is 16.5. The lowest BCUT2D eigenvalue weighted by Gasteiger charge is -2.19. The number of nitrogens with zero attached hydrogens (tertiary/aromatic N) is 1. The Kier molecular flexibility index (Phi) is 6.04. The molecule has 0 aliphatic heterocycles. The maximum atomic E-state index is 5.09. The molecule has 1 unspecified atom stereocenters. The van der Waals surface area contributed by atoms with Gasteiger partial charge in [0, 0.05) is 32.2 Å². The van der Waals surface area contributed by atoms with Crippen molar-refractivity contribution in [3.8, 4) is 0 Å². The highest BCUT2D eigenvalue weighted by molar-refractivity contribution is 5.24. The molecule has 1 heterocycles. The van der Waals surface area contributed by atoms with Gasteiger partial charge in [-0.3, -0.25) is 4.98 Å². The van der Waals surface area contributed by atoms with Crippen LogP contribution in [0.5, 0.6) is 0 Å². The molecule has 0 bridgehead atoms. The van der Waals surface area contributed by atoms with Crippen LogP contribution < -0.4 is 5.32 Å². The van der Waals surface area contributed by atoms with Gasteiger partial charge in [0.2, 0.25) is 0 Å². The van der Waals surface area contributed by atoms with Crippen molar-refractivity contribution in [1.82, 2.24) is 10.3 Å². The number of ether oxygens (including phenoxy) is 1. The smallest absolute Gasteiger partial charge is 0.0462 e. The standard InChI is InChI=1S/C13H22N2O/c1-4-15-13(6-5-9-16-3)12-10-14-8-7-11(12)2/h7-8,10,13,15H,4-6,9H2,1-3H3. The first kappa shape index (κ1) is 13.1. The van der Waals surface area contributed by atoms with E-state index < -0.39 is 0 Å². The number of aryl methyl sites for hydroxylation is 1. The number of hydrogen-bond acceptors (Lipinski definition) is 3. The molecule has 1 N–H and O–H groups in total. The molecule has 16 heavy (non-hydrogen) atoms.